The number of halogens is 1. The highest BCUT2D eigenvalue weighted by atomic mass is 35.5. The molecular formula is C16H15ClO2S. The topological polar surface area (TPSA) is 34.1 Å². The van der Waals surface area contributed by atoms with E-state index in [1.807, 2.05) is 32.0 Å². The molecule has 20 heavy (non-hydrogen) atoms. The fraction of sp³-hybridized carbons (Fsp3) is 0.188. The number of benzene rings is 2. The average molecular weight is 307 g/mol. The number of carbonyl (C=O) groups excluding carboxylic acids is 1. The average Bonchev–Trinajstić information content (AvgIpc) is 2.39. The molecule has 0 saturated carbocycles. The largest absolute Gasteiger partial charge is 0.293 e. The summed E-state index contributed by atoms with van der Waals surface area (Å²) < 4.78 is 12.3. The summed E-state index contributed by atoms with van der Waals surface area (Å²) in [7, 11) is -1.32. The number of carbonyl (C=O) groups is 1. The molecule has 0 spiro atoms. The van der Waals surface area contributed by atoms with Crippen LogP contribution in [0.15, 0.2) is 47.4 Å². The third-order valence-corrected chi connectivity index (χ3v) is 4.73. The minimum atomic E-state index is -1.32. The first-order valence-electron chi connectivity index (χ1n) is 6.22. The van der Waals surface area contributed by atoms with Crippen molar-refractivity contribution in [1.82, 2.24) is 0 Å². The molecule has 4 heteroatoms. The maximum absolute atomic E-state index is 12.3. The quantitative estimate of drug-likeness (QED) is 0.802. The second kappa shape index (κ2) is 6.33. The van der Waals surface area contributed by atoms with E-state index in [0.29, 0.717) is 10.6 Å². The van der Waals surface area contributed by atoms with Crippen LogP contribution in [0.25, 0.3) is 0 Å². The van der Waals surface area contributed by atoms with Gasteiger partial charge in [-0.3, -0.25) is 9.00 Å². The van der Waals surface area contributed by atoms with Crippen molar-refractivity contribution in [2.24, 2.45) is 0 Å². The van der Waals surface area contributed by atoms with Crippen LogP contribution in [0.2, 0.25) is 5.02 Å². The SMILES string of the molecule is Cc1ccc(S(=O)CC(=O)c2ccc(Cl)cc2)c(C)c1. The highest BCUT2D eigenvalue weighted by molar-refractivity contribution is 7.85. The van der Waals surface area contributed by atoms with Crippen LogP contribution < -0.4 is 0 Å². The Labute approximate surface area is 126 Å². The van der Waals surface area contributed by atoms with Crippen molar-refractivity contribution in [3.63, 3.8) is 0 Å². The van der Waals surface area contributed by atoms with Gasteiger partial charge in [0.2, 0.25) is 0 Å². The van der Waals surface area contributed by atoms with Gasteiger partial charge < -0.3 is 0 Å². The summed E-state index contributed by atoms with van der Waals surface area (Å²) in [5, 5.41) is 0.581. The van der Waals surface area contributed by atoms with Crippen LogP contribution >= 0.6 is 11.6 Å². The van der Waals surface area contributed by atoms with Gasteiger partial charge in [0.05, 0.1) is 16.6 Å². The van der Waals surface area contributed by atoms with Gasteiger partial charge in [0.15, 0.2) is 5.78 Å². The van der Waals surface area contributed by atoms with E-state index in [0.717, 1.165) is 16.0 Å². The molecule has 0 bridgehead atoms. The van der Waals surface area contributed by atoms with Crippen LogP contribution in [0.1, 0.15) is 21.5 Å². The summed E-state index contributed by atoms with van der Waals surface area (Å²) in [4.78, 5) is 12.8. The Morgan fingerprint density at radius 2 is 1.75 bits per heavy atom. The predicted octanol–water partition coefficient (Wildman–Crippen LogP) is 3.95. The van der Waals surface area contributed by atoms with E-state index in [-0.39, 0.29) is 11.5 Å². The van der Waals surface area contributed by atoms with Gasteiger partial charge in [-0.2, -0.15) is 0 Å². The first-order valence-corrected chi connectivity index (χ1v) is 7.91. The number of hydrogen-bond acceptors (Lipinski definition) is 2. The lowest BCUT2D eigenvalue weighted by Crippen LogP contribution is -2.11. The van der Waals surface area contributed by atoms with Crippen LogP contribution in [0.3, 0.4) is 0 Å². The second-order valence-electron chi connectivity index (χ2n) is 4.69. The zero-order chi connectivity index (χ0) is 14.7. The Balaban J connectivity index is 2.15. The van der Waals surface area contributed by atoms with Gasteiger partial charge >= 0.3 is 0 Å². The van der Waals surface area contributed by atoms with Gasteiger partial charge in [-0.05, 0) is 49.7 Å². The molecule has 0 radical (unpaired) electrons. The van der Waals surface area contributed by atoms with E-state index in [2.05, 4.69) is 0 Å². The third-order valence-electron chi connectivity index (χ3n) is 3.00. The van der Waals surface area contributed by atoms with Crippen molar-refractivity contribution < 1.29 is 9.00 Å². The molecule has 2 aromatic rings. The molecule has 0 fully saturated rings. The second-order valence-corrected chi connectivity index (χ2v) is 6.54. The zero-order valence-electron chi connectivity index (χ0n) is 11.4. The van der Waals surface area contributed by atoms with E-state index in [1.165, 1.54) is 0 Å². The zero-order valence-corrected chi connectivity index (χ0v) is 12.9. The highest BCUT2D eigenvalue weighted by Gasteiger charge is 2.14. The molecular weight excluding hydrogens is 292 g/mol. The van der Waals surface area contributed by atoms with Crippen LogP contribution in [0, 0.1) is 13.8 Å². The first kappa shape index (κ1) is 14.9. The van der Waals surface area contributed by atoms with Crippen LogP contribution in [0.4, 0.5) is 0 Å². The lowest BCUT2D eigenvalue weighted by Gasteiger charge is -2.06. The Kier molecular flexibility index (Phi) is 4.73. The molecule has 1 unspecified atom stereocenters. The minimum absolute atomic E-state index is 0.00840. The molecule has 2 rings (SSSR count). The van der Waals surface area contributed by atoms with Crippen LogP contribution in [0.5, 0.6) is 0 Å². The van der Waals surface area contributed by atoms with E-state index < -0.39 is 10.8 Å². The molecule has 0 aliphatic rings. The van der Waals surface area contributed by atoms with Crippen LogP contribution in [-0.2, 0) is 10.8 Å². The molecule has 2 aromatic carbocycles. The summed E-state index contributed by atoms with van der Waals surface area (Å²) in [6.45, 7) is 3.89. The van der Waals surface area contributed by atoms with E-state index in [9.17, 15) is 9.00 Å². The minimum Gasteiger partial charge on any atom is -0.293 e. The number of hydrogen-bond donors (Lipinski definition) is 0. The monoisotopic (exact) mass is 306 g/mol. The van der Waals surface area contributed by atoms with Gasteiger partial charge in [-0.1, -0.05) is 29.3 Å². The van der Waals surface area contributed by atoms with Gasteiger partial charge in [0.25, 0.3) is 0 Å². The number of aryl methyl sites for hydroxylation is 2. The summed E-state index contributed by atoms with van der Waals surface area (Å²) in [6.07, 6.45) is 0. The number of Topliss-reactive ketones (excluding diaryl/α,β-unsaturated/α-hetero) is 1. The third kappa shape index (κ3) is 3.56. The maximum atomic E-state index is 12.3. The van der Waals surface area contributed by atoms with Gasteiger partial charge in [0.1, 0.15) is 0 Å². The first-order chi connectivity index (χ1) is 9.47. The fourth-order valence-electron chi connectivity index (χ4n) is 1.97. The van der Waals surface area contributed by atoms with Crippen molar-refractivity contribution in [2.75, 3.05) is 5.75 Å². The summed E-state index contributed by atoms with van der Waals surface area (Å²) >= 11 is 5.78. The fourth-order valence-corrected chi connectivity index (χ4v) is 3.29. The molecule has 0 heterocycles. The lowest BCUT2D eigenvalue weighted by atomic mass is 10.1. The van der Waals surface area contributed by atoms with Crippen LogP contribution in [-0.4, -0.2) is 15.7 Å². The van der Waals surface area contributed by atoms with Crippen molar-refractivity contribution in [1.29, 1.82) is 0 Å². The lowest BCUT2D eigenvalue weighted by molar-refractivity contribution is 0.102. The van der Waals surface area contributed by atoms with E-state index in [1.54, 1.807) is 24.3 Å². The van der Waals surface area contributed by atoms with E-state index >= 15 is 0 Å². The number of rotatable bonds is 4. The Morgan fingerprint density at radius 1 is 1.10 bits per heavy atom. The molecule has 0 N–H and O–H groups in total. The Morgan fingerprint density at radius 3 is 2.35 bits per heavy atom. The van der Waals surface area contributed by atoms with Crippen molar-refractivity contribution in [3.05, 3.63) is 64.2 Å². The molecule has 0 aromatic heterocycles. The highest BCUT2D eigenvalue weighted by Crippen LogP contribution is 2.17. The predicted molar refractivity (Wildman–Crippen MR) is 83.0 cm³/mol. The Hall–Kier alpha value is -1.45. The number of ketones is 1. The molecule has 0 aliphatic heterocycles. The van der Waals surface area contributed by atoms with Gasteiger partial charge in [0, 0.05) is 15.5 Å². The van der Waals surface area contributed by atoms with Crippen molar-refractivity contribution in [2.45, 2.75) is 18.7 Å². The molecule has 1 atom stereocenters. The maximum Gasteiger partial charge on any atom is 0.175 e. The molecule has 2 nitrogen and oxygen atoms in total. The Bertz CT molecular complexity index is 663. The molecule has 104 valence electrons. The standard InChI is InChI=1S/C16H15ClO2S/c1-11-3-8-16(12(2)9-11)20(19)10-15(18)13-4-6-14(17)7-5-13/h3-9H,10H2,1-2H3. The van der Waals surface area contributed by atoms with Crippen molar-refractivity contribution >= 4 is 28.2 Å². The summed E-state index contributed by atoms with van der Waals surface area (Å²) in [5.74, 6) is -0.147. The summed E-state index contributed by atoms with van der Waals surface area (Å²) in [5.41, 5.74) is 2.60. The normalized spacial score (nSPS) is 12.2. The summed E-state index contributed by atoms with van der Waals surface area (Å²) in [6, 6.07) is 12.3. The molecule has 0 saturated heterocycles. The van der Waals surface area contributed by atoms with Crippen molar-refractivity contribution in [3.8, 4) is 0 Å². The van der Waals surface area contributed by atoms with Gasteiger partial charge in [-0.25, -0.2) is 0 Å². The molecule has 0 amide bonds. The smallest absolute Gasteiger partial charge is 0.175 e. The van der Waals surface area contributed by atoms with E-state index in [4.69, 9.17) is 11.6 Å². The molecule has 0 aliphatic carbocycles. The van der Waals surface area contributed by atoms with Gasteiger partial charge in [-0.15, -0.1) is 0 Å².